The molecule has 0 aliphatic carbocycles. The SMILES string of the molecule is C=C(C)C(C)C[C]=O. The second kappa shape index (κ2) is 3.42. The number of rotatable bonds is 3. The molecule has 1 unspecified atom stereocenters. The van der Waals surface area contributed by atoms with Gasteiger partial charge in [-0.05, 0) is 12.8 Å². The highest BCUT2D eigenvalue weighted by atomic mass is 16.1. The molecule has 0 saturated carbocycles. The van der Waals surface area contributed by atoms with Crippen LogP contribution >= 0.6 is 0 Å². The molecule has 0 amide bonds. The summed E-state index contributed by atoms with van der Waals surface area (Å²) in [6, 6.07) is 0. The Bertz CT molecular complexity index is 94.6. The normalized spacial score (nSPS) is 12.8. The summed E-state index contributed by atoms with van der Waals surface area (Å²) in [7, 11) is 0. The fourth-order valence-corrected chi connectivity index (χ4v) is 0.299. The number of allylic oxidation sites excluding steroid dienone is 1. The Balaban J connectivity index is 3.46. The Hall–Kier alpha value is -0.590. The Morgan fingerprint density at radius 3 is 2.50 bits per heavy atom. The smallest absolute Gasteiger partial charge is 0.198 e. The zero-order chi connectivity index (χ0) is 6.57. The molecule has 45 valence electrons. The van der Waals surface area contributed by atoms with E-state index in [0.717, 1.165) is 5.57 Å². The summed E-state index contributed by atoms with van der Waals surface area (Å²) in [6.45, 7) is 7.58. The van der Waals surface area contributed by atoms with Crippen LogP contribution in [0.25, 0.3) is 0 Å². The van der Waals surface area contributed by atoms with Crippen molar-refractivity contribution in [1.82, 2.24) is 0 Å². The molecule has 1 heteroatoms. The van der Waals surface area contributed by atoms with Gasteiger partial charge in [0.2, 0.25) is 0 Å². The summed E-state index contributed by atoms with van der Waals surface area (Å²) in [6.07, 6.45) is 2.32. The lowest BCUT2D eigenvalue weighted by molar-refractivity contribution is 0.539. The van der Waals surface area contributed by atoms with Crippen molar-refractivity contribution in [2.45, 2.75) is 20.3 Å². The van der Waals surface area contributed by atoms with Gasteiger partial charge in [0.15, 0.2) is 6.29 Å². The molecule has 0 rings (SSSR count). The molecule has 0 saturated heterocycles. The van der Waals surface area contributed by atoms with Gasteiger partial charge in [0, 0.05) is 6.42 Å². The van der Waals surface area contributed by atoms with E-state index < -0.39 is 0 Å². The number of hydrogen-bond acceptors (Lipinski definition) is 1. The summed E-state index contributed by atoms with van der Waals surface area (Å²) in [5.74, 6) is 0.299. The Morgan fingerprint density at radius 1 is 1.88 bits per heavy atom. The second-order valence-electron chi connectivity index (χ2n) is 2.10. The molecule has 0 bridgehead atoms. The largest absolute Gasteiger partial charge is 0.291 e. The molecule has 0 heterocycles. The van der Waals surface area contributed by atoms with Crippen molar-refractivity contribution >= 4 is 6.29 Å². The third-order valence-corrected chi connectivity index (χ3v) is 1.23. The highest BCUT2D eigenvalue weighted by molar-refractivity contribution is 5.51. The molecule has 8 heavy (non-hydrogen) atoms. The Morgan fingerprint density at radius 2 is 2.38 bits per heavy atom. The molecular formula is C7H11O. The predicted octanol–water partition coefficient (Wildman–Crippen LogP) is 1.70. The fourth-order valence-electron chi connectivity index (χ4n) is 0.299. The molecule has 0 aromatic heterocycles. The molecule has 0 fully saturated rings. The third kappa shape index (κ3) is 2.56. The minimum Gasteiger partial charge on any atom is -0.291 e. The van der Waals surface area contributed by atoms with Gasteiger partial charge >= 0.3 is 0 Å². The first-order valence-corrected chi connectivity index (χ1v) is 2.69. The van der Waals surface area contributed by atoms with E-state index in [-0.39, 0.29) is 0 Å². The lowest BCUT2D eigenvalue weighted by Crippen LogP contribution is -1.94. The van der Waals surface area contributed by atoms with E-state index in [4.69, 9.17) is 0 Å². The van der Waals surface area contributed by atoms with Gasteiger partial charge in [-0.25, -0.2) is 0 Å². The van der Waals surface area contributed by atoms with Crippen LogP contribution in [-0.2, 0) is 4.79 Å². The van der Waals surface area contributed by atoms with Crippen molar-refractivity contribution in [1.29, 1.82) is 0 Å². The maximum atomic E-state index is 9.75. The molecule has 0 aromatic carbocycles. The van der Waals surface area contributed by atoms with Crippen LogP contribution in [0.4, 0.5) is 0 Å². The zero-order valence-electron chi connectivity index (χ0n) is 5.40. The minimum atomic E-state index is 0.299. The van der Waals surface area contributed by atoms with Crippen molar-refractivity contribution in [3.05, 3.63) is 12.2 Å². The Kier molecular flexibility index (Phi) is 3.16. The predicted molar refractivity (Wildman–Crippen MR) is 34.3 cm³/mol. The standard InChI is InChI=1S/C7H11O/c1-6(2)7(3)4-5-8/h7H,1,4H2,2-3H3. The van der Waals surface area contributed by atoms with Gasteiger partial charge in [-0.3, -0.25) is 4.79 Å². The van der Waals surface area contributed by atoms with E-state index in [1.54, 1.807) is 0 Å². The molecule has 0 spiro atoms. The van der Waals surface area contributed by atoms with Gasteiger partial charge in [-0.1, -0.05) is 19.1 Å². The van der Waals surface area contributed by atoms with Crippen LogP contribution in [-0.4, -0.2) is 6.29 Å². The first kappa shape index (κ1) is 7.41. The van der Waals surface area contributed by atoms with Crippen LogP contribution in [0, 0.1) is 5.92 Å². The number of hydrogen-bond donors (Lipinski definition) is 0. The summed E-state index contributed by atoms with van der Waals surface area (Å²) >= 11 is 0. The third-order valence-electron chi connectivity index (χ3n) is 1.23. The first-order chi connectivity index (χ1) is 3.68. The zero-order valence-corrected chi connectivity index (χ0v) is 5.40. The topological polar surface area (TPSA) is 17.1 Å². The highest BCUT2D eigenvalue weighted by Crippen LogP contribution is 2.08. The van der Waals surface area contributed by atoms with E-state index in [0.29, 0.717) is 12.3 Å². The monoisotopic (exact) mass is 111 g/mol. The van der Waals surface area contributed by atoms with Gasteiger partial charge in [0.25, 0.3) is 0 Å². The molecule has 0 aromatic rings. The van der Waals surface area contributed by atoms with Crippen molar-refractivity contribution in [2.75, 3.05) is 0 Å². The maximum Gasteiger partial charge on any atom is 0.198 e. The van der Waals surface area contributed by atoms with Crippen molar-refractivity contribution in [2.24, 2.45) is 5.92 Å². The molecule has 0 N–H and O–H groups in total. The van der Waals surface area contributed by atoms with E-state index in [1.807, 2.05) is 20.1 Å². The van der Waals surface area contributed by atoms with E-state index in [9.17, 15) is 4.79 Å². The molecule has 0 aliphatic heterocycles. The summed E-state index contributed by atoms with van der Waals surface area (Å²) in [5, 5.41) is 0. The fraction of sp³-hybridized carbons (Fsp3) is 0.571. The van der Waals surface area contributed by atoms with Crippen LogP contribution < -0.4 is 0 Å². The molecule has 0 aliphatic rings. The van der Waals surface area contributed by atoms with Crippen molar-refractivity contribution in [3.63, 3.8) is 0 Å². The second-order valence-corrected chi connectivity index (χ2v) is 2.10. The summed E-state index contributed by atoms with van der Waals surface area (Å²) < 4.78 is 0. The lowest BCUT2D eigenvalue weighted by atomic mass is 10.0. The van der Waals surface area contributed by atoms with Crippen LogP contribution in [0.3, 0.4) is 0 Å². The average molecular weight is 111 g/mol. The van der Waals surface area contributed by atoms with Crippen LogP contribution in [0.15, 0.2) is 12.2 Å². The molecule has 1 radical (unpaired) electrons. The van der Waals surface area contributed by atoms with Crippen LogP contribution in [0.2, 0.25) is 0 Å². The highest BCUT2D eigenvalue weighted by Gasteiger charge is 1.99. The van der Waals surface area contributed by atoms with Crippen LogP contribution in [0.5, 0.6) is 0 Å². The molecular weight excluding hydrogens is 100 g/mol. The number of carbonyl (C=O) groups excluding carboxylic acids is 1. The van der Waals surface area contributed by atoms with E-state index in [1.165, 1.54) is 0 Å². The van der Waals surface area contributed by atoms with Gasteiger partial charge in [-0.15, -0.1) is 0 Å². The van der Waals surface area contributed by atoms with Crippen LogP contribution in [0.1, 0.15) is 20.3 Å². The summed E-state index contributed by atoms with van der Waals surface area (Å²) in [5.41, 5.74) is 1.05. The average Bonchev–Trinajstić information content (AvgIpc) is 1.67. The quantitative estimate of drug-likeness (QED) is 0.506. The van der Waals surface area contributed by atoms with Gasteiger partial charge in [0.1, 0.15) is 0 Å². The molecule has 1 nitrogen and oxygen atoms in total. The molecule has 1 atom stereocenters. The first-order valence-electron chi connectivity index (χ1n) is 2.69. The lowest BCUT2D eigenvalue weighted by Gasteiger charge is -2.02. The van der Waals surface area contributed by atoms with Gasteiger partial charge in [-0.2, -0.15) is 0 Å². The van der Waals surface area contributed by atoms with Crippen molar-refractivity contribution in [3.8, 4) is 0 Å². The Labute approximate surface area is 50.4 Å². The maximum absolute atomic E-state index is 9.75. The van der Waals surface area contributed by atoms with Crippen molar-refractivity contribution < 1.29 is 4.79 Å². The van der Waals surface area contributed by atoms with E-state index >= 15 is 0 Å². The van der Waals surface area contributed by atoms with Gasteiger partial charge < -0.3 is 0 Å². The minimum absolute atomic E-state index is 0.299. The van der Waals surface area contributed by atoms with E-state index in [2.05, 4.69) is 6.58 Å². The van der Waals surface area contributed by atoms with Gasteiger partial charge in [0.05, 0.1) is 0 Å². The summed E-state index contributed by atoms with van der Waals surface area (Å²) in [4.78, 5) is 9.75.